The zero-order chi connectivity index (χ0) is 24.3. The first-order valence-electron chi connectivity index (χ1n) is 11.5. The maximum atomic E-state index is 6.81. The lowest BCUT2D eigenvalue weighted by atomic mass is 9.86. The van der Waals surface area contributed by atoms with E-state index in [1.807, 2.05) is 42.5 Å². The third-order valence-electron chi connectivity index (χ3n) is 6.45. The molecule has 0 N–H and O–H groups in total. The Hall–Kier alpha value is -2.98. The van der Waals surface area contributed by atoms with Gasteiger partial charge in [-0.05, 0) is 59.5 Å². The van der Waals surface area contributed by atoms with Crippen molar-refractivity contribution >= 4 is 83.6 Å². The van der Waals surface area contributed by atoms with Crippen molar-refractivity contribution in [2.24, 2.45) is 0 Å². The SMILES string of the molecule is CC(C)(C)c1ccc2scc(N(c3ccc4oc5ccccc5c4c3)c3cccc(Cl)c3Cl)c2c1. The van der Waals surface area contributed by atoms with Gasteiger partial charge in [0.2, 0.25) is 0 Å². The normalized spacial score (nSPS) is 12.1. The third-order valence-corrected chi connectivity index (χ3v) is 8.21. The van der Waals surface area contributed by atoms with Crippen molar-refractivity contribution in [1.29, 1.82) is 0 Å². The summed E-state index contributed by atoms with van der Waals surface area (Å²) in [7, 11) is 0. The van der Waals surface area contributed by atoms with Crippen LogP contribution in [-0.2, 0) is 5.41 Å². The fourth-order valence-corrected chi connectivity index (χ4v) is 5.87. The topological polar surface area (TPSA) is 16.4 Å². The van der Waals surface area contributed by atoms with Gasteiger partial charge in [0, 0.05) is 31.9 Å². The van der Waals surface area contributed by atoms with E-state index in [4.69, 9.17) is 27.6 Å². The summed E-state index contributed by atoms with van der Waals surface area (Å²) >= 11 is 15.0. The van der Waals surface area contributed by atoms with Crippen LogP contribution in [0, 0.1) is 0 Å². The highest BCUT2D eigenvalue weighted by atomic mass is 35.5. The summed E-state index contributed by atoms with van der Waals surface area (Å²) in [4.78, 5) is 2.21. The van der Waals surface area contributed by atoms with Crippen LogP contribution >= 0.6 is 34.5 Å². The minimum atomic E-state index is 0.0422. The molecule has 0 saturated heterocycles. The predicted octanol–water partition coefficient (Wildman–Crippen LogP) is 10.9. The summed E-state index contributed by atoms with van der Waals surface area (Å²) < 4.78 is 7.31. The van der Waals surface area contributed by atoms with Gasteiger partial charge in [-0.3, -0.25) is 0 Å². The number of benzene rings is 4. The number of furan rings is 1. The smallest absolute Gasteiger partial charge is 0.135 e. The Kier molecular flexibility index (Phi) is 5.33. The van der Waals surface area contributed by atoms with Crippen molar-refractivity contribution in [3.63, 3.8) is 0 Å². The average Bonchev–Trinajstić information content (AvgIpc) is 3.42. The zero-order valence-electron chi connectivity index (χ0n) is 19.6. The average molecular weight is 516 g/mol. The molecule has 0 amide bonds. The van der Waals surface area contributed by atoms with Gasteiger partial charge in [0.25, 0.3) is 0 Å². The van der Waals surface area contributed by atoms with Crippen LogP contribution in [0.1, 0.15) is 26.3 Å². The molecule has 35 heavy (non-hydrogen) atoms. The maximum absolute atomic E-state index is 6.81. The van der Waals surface area contributed by atoms with Gasteiger partial charge >= 0.3 is 0 Å². The van der Waals surface area contributed by atoms with E-state index in [1.165, 1.54) is 15.6 Å². The second kappa shape index (κ2) is 8.30. The Labute approximate surface area is 218 Å². The fourth-order valence-electron chi connectivity index (χ4n) is 4.58. The second-order valence-corrected chi connectivity index (χ2v) is 11.5. The molecular weight excluding hydrogens is 493 g/mol. The molecule has 0 saturated carbocycles. The van der Waals surface area contributed by atoms with E-state index < -0.39 is 0 Å². The van der Waals surface area contributed by atoms with Crippen molar-refractivity contribution in [2.75, 3.05) is 4.90 Å². The number of nitrogens with zero attached hydrogens (tertiary/aromatic N) is 1. The number of fused-ring (bicyclic) bond motifs is 4. The highest BCUT2D eigenvalue weighted by molar-refractivity contribution is 7.17. The van der Waals surface area contributed by atoms with E-state index in [0.717, 1.165) is 39.0 Å². The molecule has 0 aliphatic rings. The number of hydrogen-bond donors (Lipinski definition) is 0. The van der Waals surface area contributed by atoms with Crippen molar-refractivity contribution < 1.29 is 4.42 Å². The van der Waals surface area contributed by atoms with E-state index in [2.05, 4.69) is 67.4 Å². The molecule has 2 heterocycles. The molecule has 0 aliphatic carbocycles. The Morgan fingerprint density at radius 2 is 1.54 bits per heavy atom. The zero-order valence-corrected chi connectivity index (χ0v) is 21.9. The van der Waals surface area contributed by atoms with E-state index in [1.54, 1.807) is 11.3 Å². The first-order chi connectivity index (χ1) is 16.8. The summed E-state index contributed by atoms with van der Waals surface area (Å²) in [5.41, 5.74) is 5.98. The van der Waals surface area contributed by atoms with Crippen molar-refractivity contribution in [2.45, 2.75) is 26.2 Å². The Balaban J connectivity index is 1.64. The molecular formula is C30H23Cl2NOS. The lowest BCUT2D eigenvalue weighted by Crippen LogP contribution is -2.12. The minimum absolute atomic E-state index is 0.0422. The number of hydrogen-bond acceptors (Lipinski definition) is 3. The second-order valence-electron chi connectivity index (χ2n) is 9.77. The van der Waals surface area contributed by atoms with Crippen LogP contribution < -0.4 is 4.90 Å². The van der Waals surface area contributed by atoms with Crippen molar-refractivity contribution in [3.05, 3.63) is 99.9 Å². The third kappa shape index (κ3) is 3.79. The molecule has 0 spiro atoms. The molecule has 5 heteroatoms. The molecule has 6 rings (SSSR count). The number of anilines is 3. The molecule has 0 atom stereocenters. The summed E-state index contributed by atoms with van der Waals surface area (Å²) in [6.45, 7) is 6.72. The molecule has 0 radical (unpaired) electrons. The molecule has 4 aromatic carbocycles. The lowest BCUT2D eigenvalue weighted by molar-refractivity contribution is 0.591. The highest BCUT2D eigenvalue weighted by Gasteiger charge is 2.23. The molecule has 6 aromatic rings. The molecule has 0 fully saturated rings. The molecule has 0 bridgehead atoms. The fraction of sp³-hybridized carbons (Fsp3) is 0.133. The van der Waals surface area contributed by atoms with E-state index in [-0.39, 0.29) is 5.41 Å². The first kappa shape index (κ1) is 22.5. The highest BCUT2D eigenvalue weighted by Crippen LogP contribution is 2.47. The van der Waals surface area contributed by atoms with Crippen LogP contribution in [0.15, 0.2) is 88.7 Å². The van der Waals surface area contributed by atoms with Crippen LogP contribution in [0.4, 0.5) is 17.1 Å². The van der Waals surface area contributed by atoms with Crippen molar-refractivity contribution in [3.8, 4) is 0 Å². The summed E-state index contributed by atoms with van der Waals surface area (Å²) in [6, 6.07) is 26.9. The van der Waals surface area contributed by atoms with Gasteiger partial charge < -0.3 is 9.32 Å². The monoisotopic (exact) mass is 515 g/mol. The first-order valence-corrected chi connectivity index (χ1v) is 13.1. The maximum Gasteiger partial charge on any atom is 0.135 e. The van der Waals surface area contributed by atoms with Crippen LogP contribution in [0.25, 0.3) is 32.0 Å². The van der Waals surface area contributed by atoms with Crippen LogP contribution in [-0.4, -0.2) is 0 Å². The molecule has 2 nitrogen and oxygen atoms in total. The number of halogens is 2. The van der Waals surface area contributed by atoms with E-state index in [9.17, 15) is 0 Å². The van der Waals surface area contributed by atoms with Gasteiger partial charge in [0.1, 0.15) is 11.2 Å². The Morgan fingerprint density at radius 1 is 0.743 bits per heavy atom. The van der Waals surface area contributed by atoms with Gasteiger partial charge in [0.15, 0.2) is 0 Å². The lowest BCUT2D eigenvalue weighted by Gasteiger charge is -2.27. The Bertz CT molecular complexity index is 1720. The van der Waals surface area contributed by atoms with Crippen molar-refractivity contribution in [1.82, 2.24) is 0 Å². The minimum Gasteiger partial charge on any atom is -0.456 e. The quantitative estimate of drug-likeness (QED) is 0.233. The van der Waals surface area contributed by atoms with Gasteiger partial charge in [-0.2, -0.15) is 0 Å². The molecule has 174 valence electrons. The predicted molar refractivity (Wildman–Crippen MR) is 153 cm³/mol. The molecule has 0 aliphatic heterocycles. The molecule has 2 aromatic heterocycles. The van der Waals surface area contributed by atoms with Gasteiger partial charge in [0.05, 0.1) is 21.4 Å². The van der Waals surface area contributed by atoms with Gasteiger partial charge in [-0.25, -0.2) is 0 Å². The van der Waals surface area contributed by atoms with Gasteiger partial charge in [-0.1, -0.05) is 74.3 Å². The van der Waals surface area contributed by atoms with Crippen LogP contribution in [0.5, 0.6) is 0 Å². The summed E-state index contributed by atoms with van der Waals surface area (Å²) in [6.07, 6.45) is 0. The van der Waals surface area contributed by atoms with E-state index in [0.29, 0.717) is 10.0 Å². The number of para-hydroxylation sites is 1. The van der Waals surface area contributed by atoms with Crippen LogP contribution in [0.2, 0.25) is 10.0 Å². The molecule has 0 unspecified atom stereocenters. The van der Waals surface area contributed by atoms with E-state index >= 15 is 0 Å². The largest absolute Gasteiger partial charge is 0.456 e. The Morgan fingerprint density at radius 3 is 2.37 bits per heavy atom. The summed E-state index contributed by atoms with van der Waals surface area (Å²) in [5, 5.41) is 6.60. The summed E-state index contributed by atoms with van der Waals surface area (Å²) in [5.74, 6) is 0. The number of thiophene rings is 1. The number of rotatable bonds is 3. The van der Waals surface area contributed by atoms with Crippen LogP contribution in [0.3, 0.4) is 0 Å². The van der Waals surface area contributed by atoms with Gasteiger partial charge in [-0.15, -0.1) is 11.3 Å². The standard InChI is InChI=1S/C30H23Cl2NOS/c1-30(2,3)18-11-14-28-22(15-18)25(17-35-28)33(24-9-6-8-23(31)29(24)32)19-12-13-27-21(16-19)20-7-4-5-10-26(20)34-27/h4-17H,1-3H3.